The molecule has 0 unspecified atom stereocenters. The molecule has 0 radical (unpaired) electrons. The van der Waals surface area contributed by atoms with Crippen molar-refractivity contribution in [1.29, 1.82) is 0 Å². The van der Waals surface area contributed by atoms with E-state index in [9.17, 15) is 14.9 Å². The molecule has 0 saturated carbocycles. The SMILES string of the molecule is O=C1Nc2cc([N+](=O)[O-])ccc2/C1=C(/Nc1ccc(CN2CCCC2)cc1)C1=CCNC=C1. The highest BCUT2D eigenvalue weighted by Crippen LogP contribution is 2.38. The number of carbonyl (C=O) groups is 1. The van der Waals surface area contributed by atoms with Crippen molar-refractivity contribution in [2.45, 2.75) is 19.4 Å². The van der Waals surface area contributed by atoms with Gasteiger partial charge in [0, 0.05) is 36.5 Å². The van der Waals surface area contributed by atoms with Crippen molar-refractivity contribution in [2.75, 3.05) is 30.3 Å². The summed E-state index contributed by atoms with van der Waals surface area (Å²) in [5.41, 5.74) is 5.19. The Morgan fingerprint density at radius 3 is 2.61 bits per heavy atom. The quantitative estimate of drug-likeness (QED) is 0.354. The minimum Gasteiger partial charge on any atom is -0.387 e. The van der Waals surface area contributed by atoms with Crippen LogP contribution in [0.25, 0.3) is 5.57 Å². The van der Waals surface area contributed by atoms with Gasteiger partial charge in [-0.3, -0.25) is 19.8 Å². The Bertz CT molecular complexity index is 1190. The second-order valence-corrected chi connectivity index (χ2v) is 8.40. The van der Waals surface area contributed by atoms with Crippen molar-refractivity contribution >= 4 is 28.5 Å². The monoisotopic (exact) mass is 443 g/mol. The molecule has 3 N–H and O–H groups in total. The van der Waals surface area contributed by atoms with Crippen LogP contribution in [0, 0.1) is 10.1 Å². The summed E-state index contributed by atoms with van der Waals surface area (Å²) in [4.78, 5) is 26.1. The maximum atomic E-state index is 13.0. The van der Waals surface area contributed by atoms with Crippen molar-refractivity contribution in [3.63, 3.8) is 0 Å². The summed E-state index contributed by atoms with van der Waals surface area (Å²) in [6.07, 6.45) is 8.30. The number of non-ortho nitro benzene ring substituents is 1. The highest BCUT2D eigenvalue weighted by Gasteiger charge is 2.30. The lowest BCUT2D eigenvalue weighted by Crippen LogP contribution is -2.18. The molecule has 0 bridgehead atoms. The molecule has 3 aliphatic rings. The van der Waals surface area contributed by atoms with Crippen LogP contribution in [0.5, 0.6) is 0 Å². The number of nitro benzene ring substituents is 1. The molecule has 5 rings (SSSR count). The number of fused-ring (bicyclic) bond motifs is 1. The lowest BCUT2D eigenvalue weighted by atomic mass is 9.98. The number of benzene rings is 2. The fourth-order valence-electron chi connectivity index (χ4n) is 4.48. The highest BCUT2D eigenvalue weighted by molar-refractivity contribution is 6.33. The summed E-state index contributed by atoms with van der Waals surface area (Å²) in [6, 6.07) is 12.7. The first-order valence-corrected chi connectivity index (χ1v) is 11.1. The van der Waals surface area contributed by atoms with E-state index in [0.29, 0.717) is 29.1 Å². The molecule has 2 aromatic carbocycles. The molecule has 8 heteroatoms. The molecule has 33 heavy (non-hydrogen) atoms. The van der Waals surface area contributed by atoms with E-state index in [0.717, 1.165) is 30.9 Å². The molecular weight excluding hydrogens is 418 g/mol. The summed E-state index contributed by atoms with van der Waals surface area (Å²) in [6.45, 7) is 3.89. The number of hydrogen-bond donors (Lipinski definition) is 3. The summed E-state index contributed by atoms with van der Waals surface area (Å²) in [5.74, 6) is -0.286. The molecular formula is C25H25N5O3. The largest absolute Gasteiger partial charge is 0.387 e. The van der Waals surface area contributed by atoms with Gasteiger partial charge in [0.25, 0.3) is 11.6 Å². The zero-order valence-corrected chi connectivity index (χ0v) is 18.1. The third-order valence-electron chi connectivity index (χ3n) is 6.15. The van der Waals surface area contributed by atoms with Gasteiger partial charge in [0.05, 0.1) is 21.9 Å². The maximum Gasteiger partial charge on any atom is 0.271 e. The van der Waals surface area contributed by atoms with E-state index < -0.39 is 4.92 Å². The van der Waals surface area contributed by atoms with Crippen LogP contribution < -0.4 is 16.0 Å². The van der Waals surface area contributed by atoms with Crippen LogP contribution in [-0.4, -0.2) is 35.4 Å². The number of hydrogen-bond acceptors (Lipinski definition) is 6. The van der Waals surface area contributed by atoms with Gasteiger partial charge in [-0.05, 0) is 67.5 Å². The molecule has 1 fully saturated rings. The lowest BCUT2D eigenvalue weighted by Gasteiger charge is -2.18. The van der Waals surface area contributed by atoms with E-state index in [1.807, 2.05) is 30.5 Å². The topological polar surface area (TPSA) is 99.5 Å². The van der Waals surface area contributed by atoms with Gasteiger partial charge in [0.15, 0.2) is 0 Å². The lowest BCUT2D eigenvalue weighted by molar-refractivity contribution is -0.384. The van der Waals surface area contributed by atoms with E-state index >= 15 is 0 Å². The molecule has 2 aromatic rings. The van der Waals surface area contributed by atoms with E-state index in [2.05, 4.69) is 33.0 Å². The Labute approximate surface area is 191 Å². The van der Waals surface area contributed by atoms with Gasteiger partial charge in [-0.1, -0.05) is 18.2 Å². The minimum atomic E-state index is -0.463. The van der Waals surface area contributed by atoms with Gasteiger partial charge < -0.3 is 16.0 Å². The predicted octanol–water partition coefficient (Wildman–Crippen LogP) is 4.01. The Morgan fingerprint density at radius 1 is 1.12 bits per heavy atom. The Hall–Kier alpha value is -3.91. The van der Waals surface area contributed by atoms with Crippen molar-refractivity contribution in [3.8, 4) is 0 Å². The fourth-order valence-corrected chi connectivity index (χ4v) is 4.48. The van der Waals surface area contributed by atoms with Crippen LogP contribution in [0.4, 0.5) is 17.1 Å². The molecule has 168 valence electrons. The third-order valence-corrected chi connectivity index (χ3v) is 6.15. The number of amides is 1. The first-order chi connectivity index (χ1) is 16.1. The molecule has 0 aromatic heterocycles. The van der Waals surface area contributed by atoms with E-state index in [1.54, 1.807) is 6.07 Å². The van der Waals surface area contributed by atoms with Crippen molar-refractivity contribution < 1.29 is 9.72 Å². The van der Waals surface area contributed by atoms with Crippen LogP contribution in [-0.2, 0) is 11.3 Å². The number of carbonyl (C=O) groups excluding carboxylic acids is 1. The second-order valence-electron chi connectivity index (χ2n) is 8.40. The smallest absolute Gasteiger partial charge is 0.271 e. The molecule has 0 aliphatic carbocycles. The van der Waals surface area contributed by atoms with Gasteiger partial charge >= 0.3 is 0 Å². The van der Waals surface area contributed by atoms with Crippen LogP contribution in [0.3, 0.4) is 0 Å². The molecule has 1 saturated heterocycles. The van der Waals surface area contributed by atoms with Gasteiger partial charge in [0.2, 0.25) is 0 Å². The normalized spacial score (nSPS) is 18.9. The zero-order valence-electron chi connectivity index (χ0n) is 18.1. The second kappa shape index (κ2) is 8.91. The fraction of sp³-hybridized carbons (Fsp3) is 0.240. The van der Waals surface area contributed by atoms with Crippen LogP contribution in [0.1, 0.15) is 24.0 Å². The van der Waals surface area contributed by atoms with E-state index in [1.165, 1.54) is 30.5 Å². The van der Waals surface area contributed by atoms with Crippen LogP contribution >= 0.6 is 0 Å². The third kappa shape index (κ3) is 4.38. The van der Waals surface area contributed by atoms with Gasteiger partial charge in [-0.2, -0.15) is 0 Å². The van der Waals surface area contributed by atoms with Crippen molar-refractivity contribution in [1.82, 2.24) is 10.2 Å². The predicted molar refractivity (Wildman–Crippen MR) is 128 cm³/mol. The number of nitro groups is 1. The number of nitrogens with one attached hydrogen (secondary N) is 3. The summed E-state index contributed by atoms with van der Waals surface area (Å²) >= 11 is 0. The maximum absolute atomic E-state index is 13.0. The molecule has 0 spiro atoms. The van der Waals surface area contributed by atoms with Crippen molar-refractivity contribution in [2.24, 2.45) is 0 Å². The Kier molecular flexibility index (Phi) is 5.66. The minimum absolute atomic E-state index is 0.0561. The van der Waals surface area contributed by atoms with Crippen LogP contribution in [0.2, 0.25) is 0 Å². The number of dihydropyridines is 1. The first kappa shape index (κ1) is 21.0. The van der Waals surface area contributed by atoms with E-state index in [4.69, 9.17) is 0 Å². The average Bonchev–Trinajstić information content (AvgIpc) is 3.45. The number of anilines is 2. The summed E-state index contributed by atoms with van der Waals surface area (Å²) in [5, 5.41) is 20.5. The average molecular weight is 444 g/mol. The van der Waals surface area contributed by atoms with Gasteiger partial charge in [-0.15, -0.1) is 0 Å². The molecule has 0 atom stereocenters. The Morgan fingerprint density at radius 2 is 1.91 bits per heavy atom. The molecule has 1 amide bonds. The number of allylic oxidation sites excluding steroid dienone is 1. The molecule has 3 heterocycles. The van der Waals surface area contributed by atoms with Crippen LogP contribution in [0.15, 0.2) is 72.1 Å². The van der Waals surface area contributed by atoms with Crippen molar-refractivity contribution in [3.05, 3.63) is 93.3 Å². The molecule has 3 aliphatic heterocycles. The number of likely N-dealkylation sites (tertiary alicyclic amines) is 1. The van der Waals surface area contributed by atoms with E-state index in [-0.39, 0.29) is 11.6 Å². The highest BCUT2D eigenvalue weighted by atomic mass is 16.6. The zero-order chi connectivity index (χ0) is 22.8. The number of rotatable bonds is 6. The van der Waals surface area contributed by atoms with Gasteiger partial charge in [-0.25, -0.2) is 0 Å². The first-order valence-electron chi connectivity index (χ1n) is 11.1. The standard InChI is InChI=1S/C25H25N5O3/c31-25-23(21-8-7-20(30(32)33)15-22(21)28-25)24(18-9-11-26-12-10-18)27-19-5-3-17(4-6-19)16-29-13-1-2-14-29/h3-11,15,26-27H,1-2,12-14,16H2,(H,28,31)/b24-23-. The molecule has 8 nitrogen and oxygen atoms in total. The summed E-state index contributed by atoms with van der Waals surface area (Å²) in [7, 11) is 0. The van der Waals surface area contributed by atoms with Gasteiger partial charge in [0.1, 0.15) is 0 Å². The summed E-state index contributed by atoms with van der Waals surface area (Å²) < 4.78 is 0. The Balaban J connectivity index is 1.49. The number of nitrogens with zero attached hydrogens (tertiary/aromatic N) is 2.